The van der Waals surface area contributed by atoms with Crippen molar-refractivity contribution < 1.29 is 13.2 Å². The summed E-state index contributed by atoms with van der Waals surface area (Å²) in [5, 5.41) is 0.874. The van der Waals surface area contributed by atoms with E-state index in [1.165, 1.54) is 0 Å². The van der Waals surface area contributed by atoms with Crippen molar-refractivity contribution in [2.45, 2.75) is 6.54 Å². The minimum Gasteiger partial charge on any atom is -0.457 e. The van der Waals surface area contributed by atoms with Crippen LogP contribution in [-0.4, -0.2) is 23.7 Å². The van der Waals surface area contributed by atoms with E-state index in [1.54, 1.807) is 41.2 Å². The predicted molar refractivity (Wildman–Crippen MR) is 102 cm³/mol. The Kier molecular flexibility index (Phi) is 4.30. The summed E-state index contributed by atoms with van der Waals surface area (Å²) in [5.41, 5.74) is 1.36. The molecule has 0 saturated carbocycles. The molecular formula is C17H13Cl2N3O3S. The maximum atomic E-state index is 11.8. The predicted octanol–water partition coefficient (Wildman–Crippen LogP) is 4.40. The van der Waals surface area contributed by atoms with Gasteiger partial charge in [0.2, 0.25) is 10.0 Å². The fourth-order valence-corrected chi connectivity index (χ4v) is 3.98. The van der Waals surface area contributed by atoms with E-state index in [4.69, 9.17) is 27.9 Å². The monoisotopic (exact) mass is 409 g/mol. The number of halogens is 2. The first kappa shape index (κ1) is 17.2. The zero-order chi connectivity index (χ0) is 18.3. The molecule has 1 aliphatic heterocycles. The van der Waals surface area contributed by atoms with Crippen molar-refractivity contribution in [1.82, 2.24) is 9.55 Å². The summed E-state index contributed by atoms with van der Waals surface area (Å²) in [6.07, 6.45) is 1.63. The summed E-state index contributed by atoms with van der Waals surface area (Å²) in [5.74, 6) is 1.71. The number of nitrogens with one attached hydrogen (secondary N) is 1. The second-order valence-corrected chi connectivity index (χ2v) is 8.41. The Morgan fingerprint density at radius 1 is 1.04 bits per heavy atom. The van der Waals surface area contributed by atoms with Gasteiger partial charge in [-0.3, -0.25) is 4.72 Å². The smallest absolute Gasteiger partial charge is 0.235 e. The Bertz CT molecular complexity index is 1080. The summed E-state index contributed by atoms with van der Waals surface area (Å²) in [6.45, 7) is 0.385. The number of aromatic nitrogens is 2. The first-order valence-electron chi connectivity index (χ1n) is 7.70. The molecule has 2 heterocycles. The van der Waals surface area contributed by atoms with Crippen molar-refractivity contribution in [2.75, 3.05) is 10.5 Å². The van der Waals surface area contributed by atoms with Crippen molar-refractivity contribution in [3.8, 4) is 22.8 Å². The third-order valence-electron chi connectivity index (χ3n) is 3.95. The van der Waals surface area contributed by atoms with Crippen LogP contribution < -0.4 is 9.46 Å². The highest BCUT2D eigenvalue weighted by Gasteiger charge is 2.24. The van der Waals surface area contributed by atoms with Gasteiger partial charge in [0.15, 0.2) is 0 Å². The topological polar surface area (TPSA) is 73.2 Å². The van der Waals surface area contributed by atoms with E-state index in [-0.39, 0.29) is 5.75 Å². The summed E-state index contributed by atoms with van der Waals surface area (Å²) < 4.78 is 33.7. The van der Waals surface area contributed by atoms with Gasteiger partial charge in [0.25, 0.3) is 0 Å². The highest BCUT2D eigenvalue weighted by Crippen LogP contribution is 2.33. The number of hydrogen-bond donors (Lipinski definition) is 1. The minimum atomic E-state index is -3.31. The summed E-state index contributed by atoms with van der Waals surface area (Å²) in [7, 11) is -3.31. The van der Waals surface area contributed by atoms with E-state index in [9.17, 15) is 8.42 Å². The molecule has 26 heavy (non-hydrogen) atoms. The van der Waals surface area contributed by atoms with Crippen molar-refractivity contribution in [3.63, 3.8) is 0 Å². The second-order valence-electron chi connectivity index (χ2n) is 5.76. The standard InChI is InChI=1S/C17H13Cl2N3O3S/c18-14-6-5-13(9-15(14)19)25-12-3-1-11(2-4-12)16-17-21-26(23,24)8-7-22(17)10-20-16/h1-6,9-10,21H,7-8H2. The molecule has 4 rings (SSSR count). The molecule has 0 atom stereocenters. The molecule has 0 unspecified atom stereocenters. The van der Waals surface area contributed by atoms with Crippen molar-refractivity contribution in [2.24, 2.45) is 0 Å². The number of benzene rings is 2. The van der Waals surface area contributed by atoms with Gasteiger partial charge in [-0.1, -0.05) is 23.2 Å². The number of hydrogen-bond acceptors (Lipinski definition) is 4. The lowest BCUT2D eigenvalue weighted by atomic mass is 10.1. The van der Waals surface area contributed by atoms with Crippen molar-refractivity contribution in [1.29, 1.82) is 0 Å². The summed E-state index contributed by atoms with van der Waals surface area (Å²) >= 11 is 11.9. The lowest BCUT2D eigenvalue weighted by molar-refractivity contribution is 0.483. The largest absolute Gasteiger partial charge is 0.457 e. The molecule has 0 fully saturated rings. The molecule has 2 aromatic carbocycles. The zero-order valence-electron chi connectivity index (χ0n) is 13.3. The van der Waals surface area contributed by atoms with E-state index in [0.717, 1.165) is 5.56 Å². The first-order chi connectivity index (χ1) is 12.4. The van der Waals surface area contributed by atoms with Crippen LogP contribution in [-0.2, 0) is 16.6 Å². The van der Waals surface area contributed by atoms with Crippen LogP contribution in [0, 0.1) is 0 Å². The van der Waals surface area contributed by atoms with Gasteiger partial charge < -0.3 is 9.30 Å². The van der Waals surface area contributed by atoms with Gasteiger partial charge in [0, 0.05) is 18.2 Å². The number of imidazole rings is 1. The average Bonchev–Trinajstić information content (AvgIpc) is 3.00. The number of fused-ring (bicyclic) bond motifs is 1. The van der Waals surface area contributed by atoms with Crippen LogP contribution >= 0.6 is 23.2 Å². The normalized spacial score (nSPS) is 15.2. The van der Waals surface area contributed by atoms with Crippen LogP contribution in [0.4, 0.5) is 5.82 Å². The zero-order valence-corrected chi connectivity index (χ0v) is 15.6. The molecule has 0 saturated heterocycles. The maximum absolute atomic E-state index is 11.8. The van der Waals surface area contributed by atoms with Crippen LogP contribution in [0.2, 0.25) is 10.0 Å². The Balaban J connectivity index is 1.59. The van der Waals surface area contributed by atoms with Crippen molar-refractivity contribution in [3.05, 3.63) is 58.8 Å². The Hall–Kier alpha value is -2.22. The number of anilines is 1. The number of sulfonamides is 1. The van der Waals surface area contributed by atoms with Gasteiger partial charge in [-0.05, 0) is 36.4 Å². The summed E-state index contributed by atoms with van der Waals surface area (Å²) in [6, 6.07) is 12.2. The molecule has 6 nitrogen and oxygen atoms in total. The van der Waals surface area contributed by atoms with Gasteiger partial charge in [0.1, 0.15) is 23.0 Å². The fraction of sp³-hybridized carbons (Fsp3) is 0.118. The molecule has 0 bridgehead atoms. The van der Waals surface area contributed by atoms with E-state index in [2.05, 4.69) is 9.71 Å². The van der Waals surface area contributed by atoms with Crippen LogP contribution in [0.3, 0.4) is 0 Å². The molecule has 1 N–H and O–H groups in total. The van der Waals surface area contributed by atoms with Crippen LogP contribution in [0.5, 0.6) is 11.5 Å². The first-order valence-corrected chi connectivity index (χ1v) is 10.1. The SMILES string of the molecule is O=S1(=O)CCn2cnc(-c3ccc(Oc4ccc(Cl)c(Cl)c4)cc3)c2N1. The van der Waals surface area contributed by atoms with Crippen molar-refractivity contribution >= 4 is 39.0 Å². The summed E-state index contributed by atoms with van der Waals surface area (Å²) in [4.78, 5) is 4.33. The molecule has 9 heteroatoms. The number of rotatable bonds is 3. The average molecular weight is 410 g/mol. The van der Waals surface area contributed by atoms with E-state index in [0.29, 0.717) is 39.6 Å². The highest BCUT2D eigenvalue weighted by atomic mass is 35.5. The number of aryl methyl sites for hydroxylation is 1. The quantitative estimate of drug-likeness (QED) is 0.695. The van der Waals surface area contributed by atoms with Crippen LogP contribution in [0.1, 0.15) is 0 Å². The molecule has 3 aromatic rings. The molecular weight excluding hydrogens is 397 g/mol. The Morgan fingerprint density at radius 2 is 1.77 bits per heavy atom. The van der Waals surface area contributed by atoms with Gasteiger partial charge in [-0.25, -0.2) is 13.4 Å². The third-order valence-corrected chi connectivity index (χ3v) is 5.91. The molecule has 0 radical (unpaired) electrons. The molecule has 0 spiro atoms. The number of ether oxygens (including phenoxy) is 1. The lowest BCUT2D eigenvalue weighted by Gasteiger charge is -2.17. The lowest BCUT2D eigenvalue weighted by Crippen LogP contribution is -2.27. The maximum Gasteiger partial charge on any atom is 0.235 e. The molecule has 0 aliphatic carbocycles. The van der Waals surface area contributed by atoms with Gasteiger partial charge >= 0.3 is 0 Å². The van der Waals surface area contributed by atoms with E-state index in [1.807, 2.05) is 12.1 Å². The van der Waals surface area contributed by atoms with E-state index < -0.39 is 10.0 Å². The molecule has 134 valence electrons. The molecule has 1 aromatic heterocycles. The van der Waals surface area contributed by atoms with Gasteiger partial charge in [-0.2, -0.15) is 0 Å². The fourth-order valence-electron chi connectivity index (χ4n) is 2.64. The van der Waals surface area contributed by atoms with Crippen LogP contribution in [0.15, 0.2) is 48.8 Å². The highest BCUT2D eigenvalue weighted by molar-refractivity contribution is 7.92. The molecule has 0 amide bonds. The minimum absolute atomic E-state index is 0.0478. The Morgan fingerprint density at radius 3 is 2.50 bits per heavy atom. The third kappa shape index (κ3) is 3.38. The van der Waals surface area contributed by atoms with Gasteiger partial charge in [-0.15, -0.1) is 0 Å². The Labute approximate surface area is 160 Å². The molecule has 1 aliphatic rings. The van der Waals surface area contributed by atoms with E-state index >= 15 is 0 Å². The van der Waals surface area contributed by atoms with Crippen LogP contribution in [0.25, 0.3) is 11.3 Å². The van der Waals surface area contributed by atoms with Gasteiger partial charge in [0.05, 0.1) is 22.1 Å². The second kappa shape index (κ2) is 6.50. The number of nitrogens with zero attached hydrogens (tertiary/aromatic N) is 2.